The monoisotopic (exact) mass is 384 g/mol. The van der Waals surface area contributed by atoms with Gasteiger partial charge in [0.1, 0.15) is 5.54 Å². The van der Waals surface area contributed by atoms with Crippen molar-refractivity contribution in [2.75, 3.05) is 6.54 Å². The summed E-state index contributed by atoms with van der Waals surface area (Å²) >= 11 is 0. The van der Waals surface area contributed by atoms with E-state index in [9.17, 15) is 14.4 Å². The van der Waals surface area contributed by atoms with Gasteiger partial charge in [0.25, 0.3) is 5.91 Å². The van der Waals surface area contributed by atoms with Crippen LogP contribution in [0.3, 0.4) is 0 Å². The lowest BCUT2D eigenvalue weighted by Crippen LogP contribution is -2.46. The van der Waals surface area contributed by atoms with Gasteiger partial charge in [-0.15, -0.1) is 0 Å². The summed E-state index contributed by atoms with van der Waals surface area (Å²) in [6.07, 6.45) is 2.25. The zero-order chi connectivity index (χ0) is 20.0. The first-order valence-corrected chi connectivity index (χ1v) is 9.83. The van der Waals surface area contributed by atoms with Crippen LogP contribution in [0.1, 0.15) is 34.3 Å². The number of amides is 3. The molecule has 0 unspecified atom stereocenters. The van der Waals surface area contributed by atoms with Crippen LogP contribution >= 0.6 is 0 Å². The Kier molecular flexibility index (Phi) is 3.98. The van der Waals surface area contributed by atoms with Crippen LogP contribution in [0.25, 0.3) is 10.8 Å². The Bertz CT molecular complexity index is 1170. The molecule has 1 spiro atoms. The summed E-state index contributed by atoms with van der Waals surface area (Å²) in [5.74, 6) is -0.579. The minimum absolute atomic E-state index is 0.250. The smallest absolute Gasteiger partial charge is 0.319 e. The highest BCUT2D eigenvalue weighted by Crippen LogP contribution is 2.39. The fourth-order valence-electron chi connectivity index (χ4n) is 4.55. The highest BCUT2D eigenvalue weighted by Gasteiger charge is 2.54. The first-order valence-electron chi connectivity index (χ1n) is 9.83. The third kappa shape index (κ3) is 2.73. The van der Waals surface area contributed by atoms with E-state index in [0.29, 0.717) is 12.0 Å². The molecule has 2 aliphatic rings. The van der Waals surface area contributed by atoms with E-state index >= 15 is 0 Å². The van der Waals surface area contributed by atoms with E-state index in [4.69, 9.17) is 0 Å². The number of carbonyl (C=O) groups excluding carboxylic acids is 3. The number of nitrogens with zero attached hydrogens (tertiary/aromatic N) is 1. The second-order valence-electron chi connectivity index (χ2n) is 7.72. The SMILES string of the molecule is O=C(CN1C(=O)N[C@@]2(CCCc3ccccc32)C1=O)c1ccc2ccccc2c1. The molecular formula is C24H20N2O3. The molecule has 1 aliphatic carbocycles. The summed E-state index contributed by atoms with van der Waals surface area (Å²) in [5.41, 5.74) is 1.38. The number of Topliss-reactive ketones (excluding diaryl/α,β-unsaturated/α-hetero) is 1. The molecular weight excluding hydrogens is 364 g/mol. The van der Waals surface area contributed by atoms with Gasteiger partial charge in [-0.3, -0.25) is 14.5 Å². The van der Waals surface area contributed by atoms with Crippen molar-refractivity contribution in [3.8, 4) is 0 Å². The molecule has 1 atom stereocenters. The van der Waals surface area contributed by atoms with E-state index in [2.05, 4.69) is 5.32 Å². The summed E-state index contributed by atoms with van der Waals surface area (Å²) in [6, 6.07) is 20.4. The number of imide groups is 1. The Morgan fingerprint density at radius 2 is 1.72 bits per heavy atom. The van der Waals surface area contributed by atoms with Crippen molar-refractivity contribution in [3.05, 3.63) is 83.4 Å². The number of hydrogen-bond donors (Lipinski definition) is 1. The van der Waals surface area contributed by atoms with E-state index < -0.39 is 11.6 Å². The molecule has 3 amide bonds. The summed E-state index contributed by atoms with van der Waals surface area (Å²) in [5, 5.41) is 4.89. The maximum Gasteiger partial charge on any atom is 0.325 e. The van der Waals surface area contributed by atoms with Crippen molar-refractivity contribution >= 4 is 28.5 Å². The summed E-state index contributed by atoms with van der Waals surface area (Å²) in [4.78, 5) is 40.0. The third-order valence-corrected chi connectivity index (χ3v) is 6.02. The second-order valence-corrected chi connectivity index (χ2v) is 7.72. The van der Waals surface area contributed by atoms with Gasteiger partial charge in [0.15, 0.2) is 5.78 Å². The summed E-state index contributed by atoms with van der Waals surface area (Å²) in [7, 11) is 0. The van der Waals surface area contributed by atoms with Gasteiger partial charge < -0.3 is 5.32 Å². The van der Waals surface area contributed by atoms with E-state index in [1.54, 1.807) is 6.07 Å². The van der Waals surface area contributed by atoms with Crippen molar-refractivity contribution in [1.82, 2.24) is 10.2 Å². The normalized spacial score (nSPS) is 20.8. The Labute approximate surface area is 168 Å². The van der Waals surface area contributed by atoms with Crippen LogP contribution < -0.4 is 5.32 Å². The van der Waals surface area contributed by atoms with Crippen LogP contribution in [-0.2, 0) is 16.8 Å². The van der Waals surface area contributed by atoms with Gasteiger partial charge in [-0.05, 0) is 47.2 Å². The number of fused-ring (bicyclic) bond motifs is 3. The Morgan fingerprint density at radius 3 is 2.59 bits per heavy atom. The minimum Gasteiger partial charge on any atom is -0.319 e. The Hall–Kier alpha value is -3.47. The maximum absolute atomic E-state index is 13.3. The van der Waals surface area contributed by atoms with Crippen LogP contribution in [0.4, 0.5) is 4.79 Å². The van der Waals surface area contributed by atoms with Crippen molar-refractivity contribution in [2.45, 2.75) is 24.8 Å². The lowest BCUT2D eigenvalue weighted by atomic mass is 9.76. The van der Waals surface area contributed by atoms with Crippen molar-refractivity contribution < 1.29 is 14.4 Å². The Morgan fingerprint density at radius 1 is 0.966 bits per heavy atom. The number of ketones is 1. The van der Waals surface area contributed by atoms with E-state index in [0.717, 1.165) is 39.6 Å². The fraction of sp³-hybridized carbons (Fsp3) is 0.208. The van der Waals surface area contributed by atoms with Gasteiger partial charge in [0.05, 0.1) is 6.54 Å². The van der Waals surface area contributed by atoms with E-state index in [1.165, 1.54) is 0 Å². The number of benzene rings is 3. The standard InChI is InChI=1S/C24H20N2O3/c27-21(19-12-11-16-6-1-2-8-18(16)14-19)15-26-22(28)24(25-23(26)29)13-5-9-17-7-3-4-10-20(17)24/h1-4,6-8,10-12,14H,5,9,13,15H2,(H,25,29)/t24-/m1/s1. The third-order valence-electron chi connectivity index (χ3n) is 6.02. The molecule has 144 valence electrons. The van der Waals surface area contributed by atoms with Crippen LogP contribution in [-0.4, -0.2) is 29.2 Å². The highest BCUT2D eigenvalue weighted by atomic mass is 16.2. The van der Waals surface area contributed by atoms with Gasteiger partial charge in [-0.1, -0.05) is 60.7 Å². The number of hydrogen-bond acceptors (Lipinski definition) is 3. The van der Waals surface area contributed by atoms with Crippen molar-refractivity contribution in [1.29, 1.82) is 0 Å². The van der Waals surface area contributed by atoms with Crippen molar-refractivity contribution in [3.63, 3.8) is 0 Å². The van der Waals surface area contributed by atoms with Crippen LogP contribution in [0.5, 0.6) is 0 Å². The molecule has 0 radical (unpaired) electrons. The molecule has 3 aromatic carbocycles. The number of carbonyl (C=O) groups is 3. The largest absolute Gasteiger partial charge is 0.325 e. The fourth-order valence-corrected chi connectivity index (χ4v) is 4.55. The molecule has 1 saturated heterocycles. The first kappa shape index (κ1) is 17.6. The number of aryl methyl sites for hydroxylation is 1. The number of nitrogens with one attached hydrogen (secondary N) is 1. The molecule has 0 aromatic heterocycles. The average Bonchev–Trinajstić information content (AvgIpc) is 2.98. The molecule has 1 fully saturated rings. The molecule has 1 aliphatic heterocycles. The van der Waals surface area contributed by atoms with Gasteiger partial charge in [-0.2, -0.15) is 0 Å². The minimum atomic E-state index is -1.05. The molecule has 1 N–H and O–H groups in total. The van der Waals surface area contributed by atoms with Gasteiger partial charge in [-0.25, -0.2) is 4.79 Å². The molecule has 5 heteroatoms. The maximum atomic E-state index is 13.3. The molecule has 1 heterocycles. The van der Waals surface area contributed by atoms with Crippen LogP contribution in [0.2, 0.25) is 0 Å². The van der Waals surface area contributed by atoms with Gasteiger partial charge in [0.2, 0.25) is 0 Å². The number of urea groups is 1. The van der Waals surface area contributed by atoms with E-state index in [-0.39, 0.29) is 18.2 Å². The molecule has 3 aromatic rings. The molecule has 5 rings (SSSR count). The lowest BCUT2D eigenvalue weighted by molar-refractivity contribution is -0.131. The topological polar surface area (TPSA) is 66.5 Å². The molecule has 5 nitrogen and oxygen atoms in total. The zero-order valence-electron chi connectivity index (χ0n) is 15.9. The average molecular weight is 384 g/mol. The lowest BCUT2D eigenvalue weighted by Gasteiger charge is -2.33. The predicted molar refractivity (Wildman–Crippen MR) is 110 cm³/mol. The van der Waals surface area contributed by atoms with Crippen LogP contribution in [0, 0.1) is 0 Å². The molecule has 0 saturated carbocycles. The van der Waals surface area contributed by atoms with Gasteiger partial charge in [0, 0.05) is 5.56 Å². The highest BCUT2D eigenvalue weighted by molar-refractivity contribution is 6.12. The number of rotatable bonds is 3. The second kappa shape index (κ2) is 6.55. The molecule has 0 bridgehead atoms. The van der Waals surface area contributed by atoms with Crippen LogP contribution in [0.15, 0.2) is 66.7 Å². The van der Waals surface area contributed by atoms with E-state index in [1.807, 2.05) is 60.7 Å². The van der Waals surface area contributed by atoms with Crippen molar-refractivity contribution in [2.24, 2.45) is 0 Å². The zero-order valence-corrected chi connectivity index (χ0v) is 15.9. The summed E-state index contributed by atoms with van der Waals surface area (Å²) < 4.78 is 0. The Balaban J connectivity index is 1.44. The quantitative estimate of drug-likeness (QED) is 0.552. The molecule has 29 heavy (non-hydrogen) atoms. The van der Waals surface area contributed by atoms with Gasteiger partial charge >= 0.3 is 6.03 Å². The first-order chi connectivity index (χ1) is 14.1. The summed E-state index contributed by atoms with van der Waals surface area (Å²) in [6.45, 7) is -0.257. The predicted octanol–water partition coefficient (Wildman–Crippen LogP) is 3.81.